The number of hydrogen-bond acceptors (Lipinski definition) is 5. The highest BCUT2D eigenvalue weighted by atomic mass is 35.5. The number of imidazole rings is 1. The van der Waals surface area contributed by atoms with Gasteiger partial charge in [0.05, 0.1) is 26.1 Å². The van der Waals surface area contributed by atoms with Crippen LogP contribution in [0.25, 0.3) is 0 Å². The average molecular weight is 505 g/mol. The molecule has 0 aliphatic heterocycles. The highest BCUT2D eigenvalue weighted by Gasteiger charge is 2.14. The van der Waals surface area contributed by atoms with Crippen LogP contribution < -0.4 is 20.1 Å². The summed E-state index contributed by atoms with van der Waals surface area (Å²) >= 11 is 6.13. The lowest BCUT2D eigenvalue weighted by atomic mass is 10.1. The van der Waals surface area contributed by atoms with E-state index in [1.165, 1.54) is 7.11 Å². The topological polar surface area (TPSA) is 94.5 Å². The smallest absolute Gasteiger partial charge is 0.275 e. The van der Waals surface area contributed by atoms with Crippen LogP contribution in [-0.4, -0.2) is 35.6 Å². The first-order valence-electron chi connectivity index (χ1n) is 11.1. The average Bonchev–Trinajstić information content (AvgIpc) is 3.35. The summed E-state index contributed by atoms with van der Waals surface area (Å²) in [5.41, 5.74) is 3.86. The lowest BCUT2D eigenvalue weighted by Crippen LogP contribution is -2.13. The number of nitrogens with one attached hydrogen (secondary N) is 2. The second kappa shape index (κ2) is 11.0. The van der Waals surface area contributed by atoms with Crippen molar-refractivity contribution in [3.63, 3.8) is 0 Å². The summed E-state index contributed by atoms with van der Waals surface area (Å²) in [6, 6.07) is 17.8. The molecule has 0 atom stereocenters. The number of aryl methyl sites for hydroxylation is 1. The summed E-state index contributed by atoms with van der Waals surface area (Å²) in [7, 11) is 3.06. The van der Waals surface area contributed by atoms with E-state index in [2.05, 4.69) is 15.6 Å². The molecule has 36 heavy (non-hydrogen) atoms. The molecular weight excluding hydrogens is 480 g/mol. The lowest BCUT2D eigenvalue weighted by Gasteiger charge is -2.11. The number of halogens is 1. The summed E-state index contributed by atoms with van der Waals surface area (Å²) in [6.45, 7) is 2.41. The first kappa shape index (κ1) is 24.8. The fourth-order valence-corrected chi connectivity index (χ4v) is 3.70. The largest absolute Gasteiger partial charge is 0.497 e. The van der Waals surface area contributed by atoms with Crippen LogP contribution in [0, 0.1) is 6.92 Å². The standard InChI is InChI=1S/C27H25ClN4O4/c1-17-4-7-20(12-23(17)28)31-27(34)24-15-32(16-29-24)14-18-5-8-19(9-6-18)30-26(33)22-11-10-21(35-2)13-25(22)36-3/h4-13,15-16H,14H2,1-3H3,(H,30,33)(H,31,34). The Hall–Kier alpha value is -4.30. The zero-order valence-corrected chi connectivity index (χ0v) is 20.8. The van der Waals surface area contributed by atoms with Gasteiger partial charge < -0.3 is 24.7 Å². The molecule has 0 unspecified atom stereocenters. The molecule has 0 saturated heterocycles. The maximum absolute atomic E-state index is 12.7. The Balaban J connectivity index is 1.37. The summed E-state index contributed by atoms with van der Waals surface area (Å²) in [5.74, 6) is 0.421. The molecular formula is C27H25ClN4O4. The number of benzene rings is 3. The number of carbonyl (C=O) groups is 2. The molecule has 1 aromatic heterocycles. The van der Waals surface area contributed by atoms with Gasteiger partial charge in [-0.1, -0.05) is 29.8 Å². The third kappa shape index (κ3) is 5.84. The van der Waals surface area contributed by atoms with E-state index in [1.54, 1.807) is 50.0 Å². The van der Waals surface area contributed by atoms with Gasteiger partial charge in [-0.15, -0.1) is 0 Å². The van der Waals surface area contributed by atoms with E-state index in [-0.39, 0.29) is 11.8 Å². The minimum absolute atomic E-state index is 0.289. The van der Waals surface area contributed by atoms with Crippen molar-refractivity contribution in [2.45, 2.75) is 13.5 Å². The highest BCUT2D eigenvalue weighted by Crippen LogP contribution is 2.25. The van der Waals surface area contributed by atoms with Crippen LogP contribution in [0.15, 0.2) is 73.2 Å². The van der Waals surface area contributed by atoms with E-state index in [1.807, 2.05) is 41.8 Å². The fraction of sp³-hybridized carbons (Fsp3) is 0.148. The second-order valence-electron chi connectivity index (χ2n) is 8.07. The van der Waals surface area contributed by atoms with Gasteiger partial charge in [-0.05, 0) is 54.4 Å². The van der Waals surface area contributed by atoms with Gasteiger partial charge in [-0.2, -0.15) is 0 Å². The number of ether oxygens (including phenoxy) is 2. The molecule has 3 aromatic carbocycles. The number of anilines is 2. The van der Waals surface area contributed by atoms with Crippen LogP contribution in [-0.2, 0) is 6.54 Å². The molecule has 2 N–H and O–H groups in total. The number of rotatable bonds is 8. The molecule has 9 heteroatoms. The van der Waals surface area contributed by atoms with Gasteiger partial charge in [0.15, 0.2) is 0 Å². The van der Waals surface area contributed by atoms with Crippen LogP contribution in [0.3, 0.4) is 0 Å². The quantitative estimate of drug-likeness (QED) is 0.334. The number of nitrogens with zero attached hydrogens (tertiary/aromatic N) is 2. The number of methoxy groups -OCH3 is 2. The number of hydrogen-bond donors (Lipinski definition) is 2. The molecule has 0 aliphatic carbocycles. The molecule has 0 fully saturated rings. The first-order valence-corrected chi connectivity index (χ1v) is 11.5. The van der Waals surface area contributed by atoms with E-state index in [9.17, 15) is 9.59 Å². The van der Waals surface area contributed by atoms with Gasteiger partial charge in [0.2, 0.25) is 0 Å². The molecule has 8 nitrogen and oxygen atoms in total. The predicted octanol–water partition coefficient (Wildman–Crippen LogP) is 5.42. The summed E-state index contributed by atoms with van der Waals surface area (Å²) < 4.78 is 12.3. The van der Waals surface area contributed by atoms with Crippen molar-refractivity contribution in [2.75, 3.05) is 24.9 Å². The van der Waals surface area contributed by atoms with Gasteiger partial charge in [0.25, 0.3) is 11.8 Å². The molecule has 0 bridgehead atoms. The van der Waals surface area contributed by atoms with Gasteiger partial charge in [-0.3, -0.25) is 9.59 Å². The Morgan fingerprint density at radius 2 is 1.64 bits per heavy atom. The van der Waals surface area contributed by atoms with E-state index >= 15 is 0 Å². The van der Waals surface area contributed by atoms with Crippen LogP contribution >= 0.6 is 11.6 Å². The van der Waals surface area contributed by atoms with Gasteiger partial charge in [-0.25, -0.2) is 4.98 Å². The Morgan fingerprint density at radius 3 is 2.33 bits per heavy atom. The summed E-state index contributed by atoms with van der Waals surface area (Å²) in [4.78, 5) is 29.5. The van der Waals surface area contributed by atoms with Crippen molar-refractivity contribution in [1.29, 1.82) is 0 Å². The number of aromatic nitrogens is 2. The normalized spacial score (nSPS) is 10.6. The van der Waals surface area contributed by atoms with E-state index in [0.717, 1.165) is 11.1 Å². The summed E-state index contributed by atoms with van der Waals surface area (Å²) in [6.07, 6.45) is 3.28. The van der Waals surface area contributed by atoms with Gasteiger partial charge >= 0.3 is 0 Å². The van der Waals surface area contributed by atoms with Crippen LogP contribution in [0.5, 0.6) is 11.5 Å². The lowest BCUT2D eigenvalue weighted by molar-refractivity contribution is 0.101. The second-order valence-corrected chi connectivity index (χ2v) is 8.47. The summed E-state index contributed by atoms with van der Waals surface area (Å²) in [5, 5.41) is 6.26. The zero-order chi connectivity index (χ0) is 25.7. The Labute approximate surface area is 213 Å². The molecule has 4 rings (SSSR count). The molecule has 0 aliphatic rings. The third-order valence-electron chi connectivity index (χ3n) is 5.53. The van der Waals surface area contributed by atoms with Crippen molar-refractivity contribution in [3.8, 4) is 11.5 Å². The monoisotopic (exact) mass is 504 g/mol. The SMILES string of the molecule is COc1ccc(C(=O)Nc2ccc(Cn3cnc(C(=O)Nc4ccc(C)c(Cl)c4)c3)cc2)c(OC)c1. The van der Waals surface area contributed by atoms with Crippen LogP contribution in [0.2, 0.25) is 5.02 Å². The van der Waals surface area contributed by atoms with E-state index in [4.69, 9.17) is 21.1 Å². The predicted molar refractivity (Wildman–Crippen MR) is 139 cm³/mol. The Bertz CT molecular complexity index is 1400. The number of amides is 2. The molecule has 0 saturated carbocycles. The first-order chi connectivity index (χ1) is 17.4. The Kier molecular flexibility index (Phi) is 7.56. The molecule has 2 amide bonds. The van der Waals surface area contributed by atoms with Gasteiger partial charge in [0, 0.05) is 35.2 Å². The Morgan fingerprint density at radius 1 is 0.917 bits per heavy atom. The van der Waals surface area contributed by atoms with Crippen molar-refractivity contribution in [3.05, 3.63) is 101 Å². The number of carbonyl (C=O) groups excluding carboxylic acids is 2. The minimum Gasteiger partial charge on any atom is -0.497 e. The zero-order valence-electron chi connectivity index (χ0n) is 20.0. The van der Waals surface area contributed by atoms with Crippen molar-refractivity contribution < 1.29 is 19.1 Å². The third-order valence-corrected chi connectivity index (χ3v) is 5.93. The van der Waals surface area contributed by atoms with Crippen molar-refractivity contribution >= 4 is 34.8 Å². The van der Waals surface area contributed by atoms with E-state index in [0.29, 0.717) is 45.7 Å². The van der Waals surface area contributed by atoms with Crippen LogP contribution in [0.1, 0.15) is 32.0 Å². The molecule has 0 radical (unpaired) electrons. The molecule has 184 valence electrons. The minimum atomic E-state index is -0.319. The highest BCUT2D eigenvalue weighted by molar-refractivity contribution is 6.31. The fourth-order valence-electron chi connectivity index (χ4n) is 3.52. The van der Waals surface area contributed by atoms with Gasteiger partial charge in [0.1, 0.15) is 17.2 Å². The molecule has 1 heterocycles. The maximum Gasteiger partial charge on any atom is 0.275 e. The molecule has 4 aromatic rings. The molecule has 0 spiro atoms. The van der Waals surface area contributed by atoms with E-state index < -0.39 is 0 Å². The van der Waals surface area contributed by atoms with Crippen molar-refractivity contribution in [1.82, 2.24) is 9.55 Å². The maximum atomic E-state index is 12.7. The van der Waals surface area contributed by atoms with Crippen molar-refractivity contribution in [2.24, 2.45) is 0 Å². The van der Waals surface area contributed by atoms with Crippen LogP contribution in [0.4, 0.5) is 11.4 Å².